The quantitative estimate of drug-likeness (QED) is 0.854. The number of methoxy groups -OCH3 is 4. The first-order valence-corrected chi connectivity index (χ1v) is 8.13. The number of benzene rings is 2. The second kappa shape index (κ2) is 7.05. The Hall–Kier alpha value is -2.69. The van der Waals surface area contributed by atoms with Crippen molar-refractivity contribution in [1.29, 1.82) is 0 Å². The number of carbonyl (C=O) groups is 1. The number of rotatable bonds is 4. The molecule has 0 aliphatic heterocycles. The summed E-state index contributed by atoms with van der Waals surface area (Å²) >= 11 is 0. The van der Waals surface area contributed by atoms with Crippen LogP contribution in [0.25, 0.3) is 0 Å². The molecule has 0 saturated heterocycles. The molecular formula is C20H22O5. The lowest BCUT2D eigenvalue weighted by atomic mass is 9.87. The lowest BCUT2D eigenvalue weighted by Crippen LogP contribution is -2.14. The van der Waals surface area contributed by atoms with Crippen molar-refractivity contribution in [2.75, 3.05) is 28.4 Å². The maximum Gasteiger partial charge on any atom is 0.167 e. The maximum absolute atomic E-state index is 12.9. The van der Waals surface area contributed by atoms with E-state index >= 15 is 0 Å². The zero-order valence-corrected chi connectivity index (χ0v) is 15.0. The van der Waals surface area contributed by atoms with E-state index in [1.54, 1.807) is 34.5 Å². The monoisotopic (exact) mass is 342 g/mol. The number of hydrogen-bond donors (Lipinski definition) is 0. The Morgan fingerprint density at radius 3 is 1.64 bits per heavy atom. The third-order valence-electron chi connectivity index (χ3n) is 4.63. The zero-order valence-electron chi connectivity index (χ0n) is 15.0. The molecule has 0 unspecified atom stereocenters. The van der Waals surface area contributed by atoms with E-state index in [4.69, 9.17) is 18.9 Å². The average Bonchev–Trinajstić information content (AvgIpc) is 2.64. The molecule has 5 heteroatoms. The molecule has 25 heavy (non-hydrogen) atoms. The van der Waals surface area contributed by atoms with Crippen LogP contribution in [0.5, 0.6) is 23.0 Å². The van der Waals surface area contributed by atoms with Crippen LogP contribution in [-0.4, -0.2) is 34.2 Å². The van der Waals surface area contributed by atoms with Gasteiger partial charge in [-0.1, -0.05) is 0 Å². The summed E-state index contributed by atoms with van der Waals surface area (Å²) in [7, 11) is 6.39. The standard InChI is InChI=1S/C20H22O5/c1-22-17-8-12-5-6-13-9-18(23-2)20(25-4)11-15(13)16(21)7-14(12)10-19(17)24-3/h8-11H,5-7H2,1-4H3. The molecule has 0 saturated carbocycles. The second-order valence-corrected chi connectivity index (χ2v) is 5.94. The number of Topliss-reactive ketones (excluding diaryl/α,β-unsaturated/α-hetero) is 1. The van der Waals surface area contributed by atoms with Crippen LogP contribution in [0.15, 0.2) is 24.3 Å². The van der Waals surface area contributed by atoms with Gasteiger partial charge in [-0.25, -0.2) is 0 Å². The number of fused-ring (bicyclic) bond motifs is 2. The molecule has 0 radical (unpaired) electrons. The summed E-state index contributed by atoms with van der Waals surface area (Å²) in [5, 5.41) is 0. The summed E-state index contributed by atoms with van der Waals surface area (Å²) in [6.45, 7) is 0. The number of aryl methyl sites for hydroxylation is 2. The van der Waals surface area contributed by atoms with E-state index in [1.165, 1.54) is 0 Å². The maximum atomic E-state index is 12.9. The van der Waals surface area contributed by atoms with Crippen molar-refractivity contribution >= 4 is 5.78 Å². The van der Waals surface area contributed by atoms with Crippen molar-refractivity contribution in [1.82, 2.24) is 0 Å². The summed E-state index contributed by atoms with van der Waals surface area (Å²) in [5.74, 6) is 2.60. The highest BCUT2D eigenvalue weighted by Crippen LogP contribution is 2.36. The zero-order chi connectivity index (χ0) is 18.0. The van der Waals surface area contributed by atoms with E-state index in [0.717, 1.165) is 29.5 Å². The molecule has 2 aromatic carbocycles. The predicted octanol–water partition coefficient (Wildman–Crippen LogP) is 3.25. The largest absolute Gasteiger partial charge is 0.493 e. The highest BCUT2D eigenvalue weighted by molar-refractivity contribution is 6.00. The molecule has 0 N–H and O–H groups in total. The van der Waals surface area contributed by atoms with E-state index in [9.17, 15) is 4.79 Å². The van der Waals surface area contributed by atoms with E-state index in [0.29, 0.717) is 35.0 Å². The molecule has 1 aliphatic carbocycles. The SMILES string of the molecule is COc1cc2c(cc1OC)CC(=O)c1cc(OC)c(OC)cc1CC2. The van der Waals surface area contributed by atoms with Crippen LogP contribution in [-0.2, 0) is 19.3 Å². The molecule has 3 rings (SSSR count). The van der Waals surface area contributed by atoms with Crippen molar-refractivity contribution in [3.63, 3.8) is 0 Å². The van der Waals surface area contributed by atoms with Crippen molar-refractivity contribution in [3.05, 3.63) is 46.5 Å². The van der Waals surface area contributed by atoms with Gasteiger partial charge in [-0.15, -0.1) is 0 Å². The van der Waals surface area contributed by atoms with Crippen molar-refractivity contribution in [3.8, 4) is 23.0 Å². The highest BCUT2D eigenvalue weighted by Gasteiger charge is 2.22. The fourth-order valence-electron chi connectivity index (χ4n) is 3.29. The molecule has 0 heterocycles. The summed E-state index contributed by atoms with van der Waals surface area (Å²) < 4.78 is 21.5. The molecule has 5 nitrogen and oxygen atoms in total. The van der Waals surface area contributed by atoms with E-state index in [2.05, 4.69) is 0 Å². The van der Waals surface area contributed by atoms with Crippen molar-refractivity contribution in [2.45, 2.75) is 19.3 Å². The minimum Gasteiger partial charge on any atom is -0.493 e. The fraction of sp³-hybridized carbons (Fsp3) is 0.350. The van der Waals surface area contributed by atoms with Gasteiger partial charge in [0.2, 0.25) is 0 Å². The van der Waals surface area contributed by atoms with Gasteiger partial charge in [-0.3, -0.25) is 4.79 Å². The van der Waals surface area contributed by atoms with Gasteiger partial charge >= 0.3 is 0 Å². The van der Waals surface area contributed by atoms with Crippen LogP contribution < -0.4 is 18.9 Å². The Kier molecular flexibility index (Phi) is 4.83. The van der Waals surface area contributed by atoms with Crippen LogP contribution in [0.1, 0.15) is 27.0 Å². The molecule has 0 amide bonds. The molecule has 2 aromatic rings. The van der Waals surface area contributed by atoms with Crippen LogP contribution in [0.2, 0.25) is 0 Å². The normalized spacial score (nSPS) is 13.2. The minimum absolute atomic E-state index is 0.0594. The molecule has 0 atom stereocenters. The molecule has 0 bridgehead atoms. The van der Waals surface area contributed by atoms with Crippen LogP contribution in [0, 0.1) is 0 Å². The van der Waals surface area contributed by atoms with E-state index in [-0.39, 0.29) is 5.78 Å². The smallest absolute Gasteiger partial charge is 0.167 e. The van der Waals surface area contributed by atoms with Crippen LogP contribution in [0.3, 0.4) is 0 Å². The lowest BCUT2D eigenvalue weighted by Gasteiger charge is -2.20. The summed E-state index contributed by atoms with van der Waals surface area (Å²) in [6.07, 6.45) is 1.87. The molecule has 0 spiro atoms. The first-order valence-electron chi connectivity index (χ1n) is 8.13. The first-order chi connectivity index (χ1) is 12.1. The topological polar surface area (TPSA) is 54.0 Å². The Labute approximate surface area is 147 Å². The van der Waals surface area contributed by atoms with Gasteiger partial charge in [0.25, 0.3) is 0 Å². The summed E-state index contributed by atoms with van der Waals surface area (Å²) in [4.78, 5) is 12.9. The molecule has 132 valence electrons. The molecule has 0 aromatic heterocycles. The Balaban J connectivity index is 2.06. The van der Waals surface area contributed by atoms with Gasteiger partial charge in [-0.05, 0) is 53.8 Å². The Morgan fingerprint density at radius 2 is 1.08 bits per heavy atom. The number of carbonyl (C=O) groups excluding carboxylic acids is 1. The number of ether oxygens (including phenoxy) is 4. The van der Waals surface area contributed by atoms with Gasteiger partial charge in [0.1, 0.15) is 0 Å². The van der Waals surface area contributed by atoms with Gasteiger partial charge in [0.15, 0.2) is 28.8 Å². The van der Waals surface area contributed by atoms with Crippen molar-refractivity contribution < 1.29 is 23.7 Å². The van der Waals surface area contributed by atoms with Crippen LogP contribution in [0.4, 0.5) is 0 Å². The molecule has 0 fully saturated rings. The van der Waals surface area contributed by atoms with E-state index < -0.39 is 0 Å². The van der Waals surface area contributed by atoms with Gasteiger partial charge < -0.3 is 18.9 Å². The molecular weight excluding hydrogens is 320 g/mol. The Morgan fingerprint density at radius 1 is 0.640 bits per heavy atom. The Bertz CT molecular complexity index is 810. The third-order valence-corrected chi connectivity index (χ3v) is 4.63. The van der Waals surface area contributed by atoms with Gasteiger partial charge in [-0.2, -0.15) is 0 Å². The average molecular weight is 342 g/mol. The van der Waals surface area contributed by atoms with Crippen molar-refractivity contribution in [2.24, 2.45) is 0 Å². The van der Waals surface area contributed by atoms with Gasteiger partial charge in [0.05, 0.1) is 28.4 Å². The lowest BCUT2D eigenvalue weighted by molar-refractivity contribution is 0.0990. The van der Waals surface area contributed by atoms with E-state index in [1.807, 2.05) is 18.2 Å². The fourth-order valence-corrected chi connectivity index (χ4v) is 3.29. The summed E-state index contributed by atoms with van der Waals surface area (Å²) in [5.41, 5.74) is 3.75. The third kappa shape index (κ3) is 3.14. The highest BCUT2D eigenvalue weighted by atomic mass is 16.5. The second-order valence-electron chi connectivity index (χ2n) is 5.94. The van der Waals surface area contributed by atoms with Crippen LogP contribution >= 0.6 is 0 Å². The number of ketones is 1. The predicted molar refractivity (Wildman–Crippen MR) is 94.5 cm³/mol. The van der Waals surface area contributed by atoms with Gasteiger partial charge in [0, 0.05) is 12.0 Å². The number of hydrogen-bond acceptors (Lipinski definition) is 5. The molecule has 1 aliphatic rings. The minimum atomic E-state index is 0.0594. The summed E-state index contributed by atoms with van der Waals surface area (Å²) in [6, 6.07) is 7.55. The first kappa shape index (κ1) is 17.1.